The van der Waals surface area contributed by atoms with E-state index in [0.29, 0.717) is 12.0 Å². The summed E-state index contributed by atoms with van der Waals surface area (Å²) >= 11 is 0. The molecule has 1 aliphatic rings. The van der Waals surface area contributed by atoms with E-state index in [1.54, 1.807) is 0 Å². The van der Waals surface area contributed by atoms with Gasteiger partial charge in [0.1, 0.15) is 12.1 Å². The first-order valence-electron chi connectivity index (χ1n) is 6.92. The van der Waals surface area contributed by atoms with Crippen LogP contribution in [-0.4, -0.2) is 39.9 Å². The van der Waals surface area contributed by atoms with E-state index < -0.39 is 28.9 Å². The van der Waals surface area contributed by atoms with Crippen LogP contribution in [0.4, 0.5) is 5.69 Å². The first kappa shape index (κ1) is 16.4. The average molecular weight is 321 g/mol. The molecule has 23 heavy (non-hydrogen) atoms. The number of nitro groups is 1. The molecular weight excluding hydrogens is 306 g/mol. The molecule has 2 amide bonds. The second-order valence-electron chi connectivity index (χ2n) is 5.19. The van der Waals surface area contributed by atoms with Crippen molar-refractivity contribution in [3.8, 4) is 0 Å². The van der Waals surface area contributed by atoms with Gasteiger partial charge in [0.05, 0.1) is 4.92 Å². The lowest BCUT2D eigenvalue weighted by molar-refractivity contribution is -0.384. The van der Waals surface area contributed by atoms with Crippen LogP contribution >= 0.6 is 0 Å². The van der Waals surface area contributed by atoms with Gasteiger partial charge in [-0.2, -0.15) is 0 Å². The van der Waals surface area contributed by atoms with Gasteiger partial charge in [-0.15, -0.1) is 0 Å². The number of carbonyl (C=O) groups is 3. The molecule has 1 fully saturated rings. The Morgan fingerprint density at radius 1 is 1.39 bits per heavy atom. The molecule has 0 spiro atoms. The highest BCUT2D eigenvalue weighted by molar-refractivity contribution is 5.92. The van der Waals surface area contributed by atoms with E-state index in [1.165, 1.54) is 24.3 Å². The molecule has 3 N–H and O–H groups in total. The predicted octanol–water partition coefficient (Wildman–Crippen LogP) is -0.0147. The zero-order chi connectivity index (χ0) is 17.0. The van der Waals surface area contributed by atoms with Gasteiger partial charge < -0.3 is 15.7 Å². The number of benzene rings is 1. The number of aliphatic carboxylic acids is 1. The Morgan fingerprint density at radius 2 is 2.04 bits per heavy atom. The summed E-state index contributed by atoms with van der Waals surface area (Å²) in [4.78, 5) is 44.4. The maximum absolute atomic E-state index is 12.0. The molecule has 9 nitrogen and oxygen atoms in total. The molecule has 122 valence electrons. The summed E-state index contributed by atoms with van der Waals surface area (Å²) in [5.74, 6) is -2.02. The molecule has 1 heterocycles. The van der Waals surface area contributed by atoms with Crippen molar-refractivity contribution in [2.45, 2.75) is 31.3 Å². The fourth-order valence-electron chi connectivity index (χ4n) is 2.27. The molecule has 0 aromatic heterocycles. The number of nitrogens with one attached hydrogen (secondary N) is 2. The standard InChI is InChI=1S/C14H15N3O6/c18-12-6-5-10(15-12)13(19)16-11(14(20)21)7-8-1-3-9(4-2-8)17(22)23/h1-4,10-11H,5-7H2,(H,15,18)(H,16,19)(H,20,21)/t10-,11+/m0/s1. The van der Waals surface area contributed by atoms with Crippen molar-refractivity contribution in [2.75, 3.05) is 0 Å². The lowest BCUT2D eigenvalue weighted by Crippen LogP contribution is -2.49. The van der Waals surface area contributed by atoms with Crippen LogP contribution in [0.15, 0.2) is 24.3 Å². The van der Waals surface area contributed by atoms with Crippen molar-refractivity contribution in [2.24, 2.45) is 0 Å². The third kappa shape index (κ3) is 4.25. The van der Waals surface area contributed by atoms with Crippen molar-refractivity contribution >= 4 is 23.5 Å². The zero-order valence-corrected chi connectivity index (χ0v) is 12.0. The smallest absolute Gasteiger partial charge is 0.326 e. The predicted molar refractivity (Wildman–Crippen MR) is 77.5 cm³/mol. The summed E-state index contributed by atoms with van der Waals surface area (Å²) in [6, 6.07) is 3.53. The maximum atomic E-state index is 12.0. The normalized spacial score (nSPS) is 18.1. The number of non-ortho nitro benzene ring substituents is 1. The number of carbonyl (C=O) groups excluding carboxylic acids is 2. The summed E-state index contributed by atoms with van der Waals surface area (Å²) in [6.07, 6.45) is 0.548. The number of hydrogen-bond donors (Lipinski definition) is 3. The summed E-state index contributed by atoms with van der Waals surface area (Å²) < 4.78 is 0. The van der Waals surface area contributed by atoms with Crippen LogP contribution in [0.1, 0.15) is 18.4 Å². The monoisotopic (exact) mass is 321 g/mol. The Kier molecular flexibility index (Phi) is 4.89. The summed E-state index contributed by atoms with van der Waals surface area (Å²) in [6.45, 7) is 0. The number of nitro benzene ring substituents is 1. The van der Waals surface area contributed by atoms with Gasteiger partial charge in [-0.25, -0.2) is 4.79 Å². The molecule has 0 aliphatic carbocycles. The van der Waals surface area contributed by atoms with Crippen LogP contribution < -0.4 is 10.6 Å². The molecule has 2 atom stereocenters. The van der Waals surface area contributed by atoms with E-state index in [0.717, 1.165) is 0 Å². The van der Waals surface area contributed by atoms with E-state index in [4.69, 9.17) is 0 Å². The summed E-state index contributed by atoms with van der Waals surface area (Å²) in [5.41, 5.74) is 0.442. The SMILES string of the molecule is O=C1CC[C@@H](C(=O)N[C@H](Cc2ccc([N+](=O)[O-])cc2)C(=O)O)N1. The highest BCUT2D eigenvalue weighted by atomic mass is 16.6. The molecule has 1 aliphatic heterocycles. The maximum Gasteiger partial charge on any atom is 0.326 e. The third-order valence-corrected chi connectivity index (χ3v) is 3.51. The van der Waals surface area contributed by atoms with Gasteiger partial charge in [0.2, 0.25) is 11.8 Å². The second kappa shape index (κ2) is 6.86. The minimum absolute atomic E-state index is 0.0142. The Labute approximate surface area is 130 Å². The number of carboxylic acids is 1. The van der Waals surface area contributed by atoms with Gasteiger partial charge in [-0.1, -0.05) is 12.1 Å². The van der Waals surface area contributed by atoms with E-state index in [9.17, 15) is 29.6 Å². The fourth-order valence-corrected chi connectivity index (χ4v) is 2.27. The van der Waals surface area contributed by atoms with Crippen LogP contribution in [0, 0.1) is 10.1 Å². The zero-order valence-electron chi connectivity index (χ0n) is 12.0. The van der Waals surface area contributed by atoms with Crippen LogP contribution in [0.3, 0.4) is 0 Å². The van der Waals surface area contributed by atoms with E-state index in [-0.39, 0.29) is 24.4 Å². The van der Waals surface area contributed by atoms with Crippen molar-refractivity contribution in [1.29, 1.82) is 0 Å². The molecule has 1 aromatic carbocycles. The minimum Gasteiger partial charge on any atom is -0.480 e. The molecule has 0 saturated carbocycles. The van der Waals surface area contributed by atoms with Crippen LogP contribution in [-0.2, 0) is 20.8 Å². The highest BCUT2D eigenvalue weighted by Gasteiger charge is 2.30. The van der Waals surface area contributed by atoms with Crippen molar-refractivity contribution in [1.82, 2.24) is 10.6 Å². The lowest BCUT2D eigenvalue weighted by Gasteiger charge is -2.17. The minimum atomic E-state index is -1.22. The van der Waals surface area contributed by atoms with Gasteiger partial charge in [-0.3, -0.25) is 19.7 Å². The first-order valence-corrected chi connectivity index (χ1v) is 6.92. The van der Waals surface area contributed by atoms with Gasteiger partial charge >= 0.3 is 5.97 Å². The largest absolute Gasteiger partial charge is 0.480 e. The molecule has 0 unspecified atom stereocenters. The molecule has 1 saturated heterocycles. The van der Waals surface area contributed by atoms with Crippen molar-refractivity contribution < 1.29 is 24.4 Å². The number of carboxylic acid groups (broad SMARTS) is 1. The van der Waals surface area contributed by atoms with Gasteiger partial charge in [0, 0.05) is 25.0 Å². The van der Waals surface area contributed by atoms with E-state index in [2.05, 4.69) is 10.6 Å². The number of amides is 2. The molecular formula is C14H15N3O6. The van der Waals surface area contributed by atoms with E-state index in [1.807, 2.05) is 0 Å². The van der Waals surface area contributed by atoms with Crippen molar-refractivity contribution in [3.63, 3.8) is 0 Å². The highest BCUT2D eigenvalue weighted by Crippen LogP contribution is 2.14. The molecule has 1 aromatic rings. The Morgan fingerprint density at radius 3 is 2.52 bits per heavy atom. The lowest BCUT2D eigenvalue weighted by atomic mass is 10.0. The van der Waals surface area contributed by atoms with Crippen LogP contribution in [0.5, 0.6) is 0 Å². The Balaban J connectivity index is 2.01. The van der Waals surface area contributed by atoms with Gasteiger partial charge in [0.25, 0.3) is 5.69 Å². The van der Waals surface area contributed by atoms with Gasteiger partial charge in [0.15, 0.2) is 0 Å². The summed E-state index contributed by atoms with van der Waals surface area (Å²) in [5, 5.41) is 24.6. The topological polar surface area (TPSA) is 139 Å². The fraction of sp³-hybridized carbons (Fsp3) is 0.357. The number of nitrogens with zero attached hydrogens (tertiary/aromatic N) is 1. The number of rotatable bonds is 6. The summed E-state index contributed by atoms with van der Waals surface area (Å²) in [7, 11) is 0. The first-order chi connectivity index (χ1) is 10.9. The Bertz CT molecular complexity index is 642. The molecule has 9 heteroatoms. The van der Waals surface area contributed by atoms with E-state index >= 15 is 0 Å². The van der Waals surface area contributed by atoms with Gasteiger partial charge in [-0.05, 0) is 12.0 Å². The van der Waals surface area contributed by atoms with Crippen molar-refractivity contribution in [3.05, 3.63) is 39.9 Å². The average Bonchev–Trinajstić information content (AvgIpc) is 2.93. The third-order valence-electron chi connectivity index (χ3n) is 3.51. The Hall–Kier alpha value is -2.97. The van der Waals surface area contributed by atoms with Crippen LogP contribution in [0.25, 0.3) is 0 Å². The quantitative estimate of drug-likeness (QED) is 0.497. The number of hydrogen-bond acceptors (Lipinski definition) is 5. The second-order valence-corrected chi connectivity index (χ2v) is 5.19. The molecule has 0 bridgehead atoms. The van der Waals surface area contributed by atoms with Crippen LogP contribution in [0.2, 0.25) is 0 Å². The molecule has 2 rings (SSSR count). The molecule has 0 radical (unpaired) electrons.